The molecule has 0 aliphatic heterocycles. The molecule has 8 nitrogen and oxygen atoms in total. The Bertz CT molecular complexity index is 1080. The molecule has 0 aliphatic carbocycles. The molecule has 1 amide bonds. The van der Waals surface area contributed by atoms with E-state index in [0.29, 0.717) is 23.9 Å². The molecule has 0 bridgehead atoms. The van der Waals surface area contributed by atoms with Gasteiger partial charge in [0.2, 0.25) is 5.91 Å². The van der Waals surface area contributed by atoms with E-state index in [9.17, 15) is 19.4 Å². The van der Waals surface area contributed by atoms with Gasteiger partial charge in [0.1, 0.15) is 13.2 Å². The number of hydrogen-bond donors (Lipinski definition) is 3. The average molecular weight is 750 g/mol. The number of phosphoric acid groups is 1. The lowest BCUT2D eigenvalue weighted by Crippen LogP contribution is -2.46. The monoisotopic (exact) mass is 750 g/mol. The largest absolute Gasteiger partial charge is 0.472 e. The number of unbranched alkanes of at least 4 members (excludes halogenated alkanes) is 10. The molecule has 9 heteroatoms. The van der Waals surface area contributed by atoms with Gasteiger partial charge >= 0.3 is 7.82 Å². The number of carbonyl (C=O) groups is 1. The molecule has 0 aromatic heterocycles. The van der Waals surface area contributed by atoms with Gasteiger partial charge in [-0.15, -0.1) is 0 Å². The van der Waals surface area contributed by atoms with Crippen LogP contribution in [0.3, 0.4) is 0 Å². The smallest absolute Gasteiger partial charge is 0.391 e. The van der Waals surface area contributed by atoms with Crippen LogP contribution in [-0.4, -0.2) is 73.4 Å². The molecule has 0 aromatic carbocycles. The van der Waals surface area contributed by atoms with Gasteiger partial charge in [-0.25, -0.2) is 4.57 Å². The molecule has 52 heavy (non-hydrogen) atoms. The van der Waals surface area contributed by atoms with E-state index in [1.807, 2.05) is 21.1 Å². The molecule has 3 atom stereocenters. The average Bonchev–Trinajstić information content (AvgIpc) is 3.09. The predicted octanol–water partition coefficient (Wildman–Crippen LogP) is 10.9. The van der Waals surface area contributed by atoms with Crippen LogP contribution in [0.15, 0.2) is 72.9 Å². The van der Waals surface area contributed by atoms with Gasteiger partial charge in [0.25, 0.3) is 0 Å². The Hall–Kier alpha value is -2.06. The number of aliphatic hydroxyl groups is 1. The van der Waals surface area contributed by atoms with E-state index in [4.69, 9.17) is 9.05 Å². The normalized spacial score (nSPS) is 15.3. The Balaban J connectivity index is 4.17. The lowest BCUT2D eigenvalue weighted by molar-refractivity contribution is -0.870. The molecule has 0 heterocycles. The lowest BCUT2D eigenvalue weighted by Gasteiger charge is -2.26. The van der Waals surface area contributed by atoms with Crippen molar-refractivity contribution in [2.75, 3.05) is 40.9 Å². The molecular formula is C43H78N2O6P+. The number of hydrogen-bond acceptors (Lipinski definition) is 5. The van der Waals surface area contributed by atoms with Gasteiger partial charge in [0, 0.05) is 6.42 Å². The zero-order valence-corrected chi connectivity index (χ0v) is 34.7. The first-order valence-corrected chi connectivity index (χ1v) is 21.8. The number of rotatable bonds is 35. The minimum Gasteiger partial charge on any atom is -0.391 e. The molecule has 3 unspecified atom stereocenters. The van der Waals surface area contributed by atoms with E-state index in [1.54, 1.807) is 0 Å². The summed E-state index contributed by atoms with van der Waals surface area (Å²) >= 11 is 0. The summed E-state index contributed by atoms with van der Waals surface area (Å²) in [6, 6.07) is -0.768. The number of allylic oxidation sites excluding steroid dienone is 12. The molecule has 0 fully saturated rings. The summed E-state index contributed by atoms with van der Waals surface area (Å²) < 4.78 is 23.4. The standard InChI is InChI=1S/C43H77N2O6P/c1-6-8-10-12-13-14-15-16-17-18-19-20-21-22-23-24-25-26-27-28-29-30-31-33-35-37-43(47)44-41(42(46)36-34-32-11-9-7-2)40-51-52(48,49)50-39-38-45(3,4)5/h8,10,13-14,16-17,19-20,22-23,25-26,41-42,46H,6-7,9,11-12,15,18,21,24,27-40H2,1-5H3,(H-,44,47,48,49)/p+1/b10-8-,14-13-,17-16-,20-19-,23-22-,26-25-. The number of phosphoric ester groups is 1. The van der Waals surface area contributed by atoms with Crippen molar-refractivity contribution < 1.29 is 32.9 Å². The molecule has 0 aliphatic rings. The molecular weight excluding hydrogens is 671 g/mol. The van der Waals surface area contributed by atoms with Crippen molar-refractivity contribution in [1.82, 2.24) is 5.32 Å². The topological polar surface area (TPSA) is 105 Å². The predicted molar refractivity (Wildman–Crippen MR) is 221 cm³/mol. The Kier molecular flexibility index (Phi) is 33.3. The fourth-order valence-electron chi connectivity index (χ4n) is 5.22. The minimum atomic E-state index is -4.30. The van der Waals surface area contributed by atoms with E-state index < -0.39 is 20.0 Å². The van der Waals surface area contributed by atoms with E-state index in [1.165, 1.54) is 12.8 Å². The summed E-state index contributed by atoms with van der Waals surface area (Å²) in [6.45, 7) is 4.64. The van der Waals surface area contributed by atoms with Crippen molar-refractivity contribution in [3.05, 3.63) is 72.9 Å². The van der Waals surface area contributed by atoms with E-state index in [2.05, 4.69) is 92.1 Å². The van der Waals surface area contributed by atoms with Crippen LogP contribution in [0.1, 0.15) is 142 Å². The minimum absolute atomic E-state index is 0.0663. The first kappa shape index (κ1) is 49.9. The van der Waals surface area contributed by atoms with Crippen molar-refractivity contribution in [2.24, 2.45) is 0 Å². The molecule has 0 spiro atoms. The highest BCUT2D eigenvalue weighted by atomic mass is 31.2. The molecule has 3 N–H and O–H groups in total. The van der Waals surface area contributed by atoms with Crippen LogP contribution >= 0.6 is 7.82 Å². The van der Waals surface area contributed by atoms with Crippen LogP contribution in [-0.2, 0) is 18.4 Å². The summed E-state index contributed by atoms with van der Waals surface area (Å²) in [7, 11) is 1.58. The first-order valence-electron chi connectivity index (χ1n) is 20.3. The van der Waals surface area contributed by atoms with Crippen molar-refractivity contribution in [2.45, 2.75) is 154 Å². The zero-order chi connectivity index (χ0) is 38.6. The van der Waals surface area contributed by atoms with Crippen molar-refractivity contribution >= 4 is 13.7 Å². The second-order valence-corrected chi connectivity index (χ2v) is 16.1. The Labute approximate surface area is 319 Å². The highest BCUT2D eigenvalue weighted by molar-refractivity contribution is 7.47. The number of aliphatic hydroxyl groups excluding tert-OH is 1. The number of amides is 1. The van der Waals surface area contributed by atoms with Crippen LogP contribution < -0.4 is 5.32 Å². The van der Waals surface area contributed by atoms with Gasteiger partial charge in [-0.05, 0) is 64.2 Å². The number of likely N-dealkylation sites (N-methyl/N-ethyl adjacent to an activating group) is 1. The summed E-state index contributed by atoms with van der Waals surface area (Å²) in [5.41, 5.74) is 0. The third-order valence-electron chi connectivity index (χ3n) is 8.47. The van der Waals surface area contributed by atoms with Crippen molar-refractivity contribution in [3.63, 3.8) is 0 Å². The Morgan fingerprint density at radius 2 is 1.15 bits per heavy atom. The Morgan fingerprint density at radius 3 is 1.69 bits per heavy atom. The van der Waals surface area contributed by atoms with E-state index >= 15 is 0 Å². The van der Waals surface area contributed by atoms with E-state index in [-0.39, 0.29) is 19.1 Å². The summed E-state index contributed by atoms with van der Waals surface area (Å²) in [4.78, 5) is 22.9. The second-order valence-electron chi connectivity index (χ2n) is 14.6. The van der Waals surface area contributed by atoms with Crippen LogP contribution in [0.25, 0.3) is 0 Å². The van der Waals surface area contributed by atoms with Crippen molar-refractivity contribution in [3.8, 4) is 0 Å². The fourth-order valence-corrected chi connectivity index (χ4v) is 5.96. The van der Waals surface area contributed by atoms with Crippen molar-refractivity contribution in [1.29, 1.82) is 0 Å². The third-order valence-corrected chi connectivity index (χ3v) is 9.45. The second kappa shape index (κ2) is 34.7. The van der Waals surface area contributed by atoms with E-state index in [0.717, 1.165) is 103 Å². The van der Waals surface area contributed by atoms with Crippen LogP contribution in [0, 0.1) is 0 Å². The summed E-state index contributed by atoms with van der Waals surface area (Å²) in [6.07, 6.45) is 45.4. The van der Waals surface area contributed by atoms with Crippen LogP contribution in [0.5, 0.6) is 0 Å². The maximum atomic E-state index is 12.7. The Morgan fingerprint density at radius 1 is 0.673 bits per heavy atom. The van der Waals surface area contributed by atoms with Gasteiger partial charge in [0.15, 0.2) is 0 Å². The highest BCUT2D eigenvalue weighted by Gasteiger charge is 2.28. The van der Waals surface area contributed by atoms with Crippen LogP contribution in [0.4, 0.5) is 0 Å². The van der Waals surface area contributed by atoms with Gasteiger partial charge in [-0.3, -0.25) is 13.8 Å². The maximum Gasteiger partial charge on any atom is 0.472 e. The van der Waals surface area contributed by atoms with Gasteiger partial charge < -0.3 is 19.8 Å². The number of carbonyl (C=O) groups excluding carboxylic acids is 1. The fraction of sp³-hybridized carbons (Fsp3) is 0.698. The molecule has 0 saturated carbocycles. The van der Waals surface area contributed by atoms with Crippen LogP contribution in [0.2, 0.25) is 0 Å². The quantitative estimate of drug-likeness (QED) is 0.0258. The molecule has 0 radical (unpaired) electrons. The number of nitrogens with one attached hydrogen (secondary N) is 1. The highest BCUT2D eigenvalue weighted by Crippen LogP contribution is 2.43. The SMILES string of the molecule is CC/C=C\C/C=C\C/C=C\C/C=C\C/C=C\C/C=C\CCCCCCCCC(=O)NC(COP(=O)(O)OCC[N+](C)(C)C)C(O)CCCCCCC. The molecule has 0 saturated heterocycles. The van der Waals surface area contributed by atoms with Gasteiger partial charge in [0.05, 0.1) is 39.9 Å². The summed E-state index contributed by atoms with van der Waals surface area (Å²) in [5.74, 6) is -0.171. The number of quaternary nitrogens is 1. The first-order chi connectivity index (χ1) is 25.0. The number of nitrogens with zero attached hydrogens (tertiary/aromatic N) is 1. The third kappa shape index (κ3) is 36.3. The van der Waals surface area contributed by atoms with Gasteiger partial charge in [-0.1, -0.05) is 145 Å². The molecule has 300 valence electrons. The summed E-state index contributed by atoms with van der Waals surface area (Å²) in [5, 5.41) is 13.7. The van der Waals surface area contributed by atoms with Gasteiger partial charge in [-0.2, -0.15) is 0 Å². The molecule has 0 rings (SSSR count). The lowest BCUT2D eigenvalue weighted by atomic mass is 10.0. The maximum absolute atomic E-state index is 12.7. The zero-order valence-electron chi connectivity index (χ0n) is 33.8. The molecule has 0 aromatic rings.